The van der Waals surface area contributed by atoms with Crippen LogP contribution in [0.3, 0.4) is 0 Å². The summed E-state index contributed by atoms with van der Waals surface area (Å²) in [5, 5.41) is 3.36. The Morgan fingerprint density at radius 3 is 2.88 bits per heavy atom. The van der Waals surface area contributed by atoms with E-state index >= 15 is 0 Å². The fraction of sp³-hybridized carbons (Fsp3) is 0.583. The fourth-order valence-electron chi connectivity index (χ4n) is 2.16. The topological polar surface area (TPSA) is 37.4 Å². The van der Waals surface area contributed by atoms with Gasteiger partial charge in [-0.15, -0.1) is 0 Å². The summed E-state index contributed by atoms with van der Waals surface area (Å²) in [7, 11) is 1.68. The first-order valence-corrected chi connectivity index (χ1v) is 5.76. The summed E-state index contributed by atoms with van der Waals surface area (Å²) >= 11 is 0. The molecular formula is C12H19N3O. The molecule has 0 saturated carbocycles. The summed E-state index contributed by atoms with van der Waals surface area (Å²) in [5.74, 6) is 0.744. The van der Waals surface area contributed by atoms with Gasteiger partial charge < -0.3 is 10.1 Å². The van der Waals surface area contributed by atoms with Gasteiger partial charge in [0, 0.05) is 44.0 Å². The van der Waals surface area contributed by atoms with Gasteiger partial charge in [-0.25, -0.2) is 4.98 Å². The van der Waals surface area contributed by atoms with E-state index in [0.717, 1.165) is 32.1 Å². The van der Waals surface area contributed by atoms with Gasteiger partial charge in [0.15, 0.2) is 0 Å². The fourth-order valence-corrected chi connectivity index (χ4v) is 2.16. The zero-order chi connectivity index (χ0) is 11.4. The Bertz CT molecular complexity index is 337. The monoisotopic (exact) mass is 221 g/mol. The molecule has 0 aromatic carbocycles. The normalized spacial score (nSPS) is 19.4. The number of piperazine rings is 1. The molecule has 1 saturated heterocycles. The van der Waals surface area contributed by atoms with Crippen LogP contribution in [0.5, 0.6) is 5.88 Å². The smallest absolute Gasteiger partial charge is 0.217 e. The summed E-state index contributed by atoms with van der Waals surface area (Å²) < 4.78 is 5.30. The standard InChI is InChI=1S/C12H19N3O/c1-10(15-8-6-13-7-9-15)11-4-3-5-14-12(11)16-2/h3-5,10,13H,6-9H2,1-2H3. The van der Waals surface area contributed by atoms with Gasteiger partial charge in [-0.05, 0) is 13.0 Å². The van der Waals surface area contributed by atoms with Crippen molar-refractivity contribution in [2.45, 2.75) is 13.0 Å². The molecule has 1 unspecified atom stereocenters. The zero-order valence-corrected chi connectivity index (χ0v) is 9.94. The molecule has 0 aliphatic carbocycles. The molecule has 4 heteroatoms. The van der Waals surface area contributed by atoms with E-state index in [9.17, 15) is 0 Å². The second kappa shape index (κ2) is 5.27. The molecule has 2 heterocycles. The molecule has 1 aliphatic heterocycles. The van der Waals surface area contributed by atoms with E-state index < -0.39 is 0 Å². The molecular weight excluding hydrogens is 202 g/mol. The van der Waals surface area contributed by atoms with Crippen molar-refractivity contribution in [2.24, 2.45) is 0 Å². The number of rotatable bonds is 3. The van der Waals surface area contributed by atoms with Gasteiger partial charge in [-0.1, -0.05) is 6.07 Å². The average Bonchev–Trinajstić information content (AvgIpc) is 2.39. The molecule has 88 valence electrons. The van der Waals surface area contributed by atoms with E-state index in [4.69, 9.17) is 4.74 Å². The van der Waals surface area contributed by atoms with Crippen LogP contribution < -0.4 is 10.1 Å². The lowest BCUT2D eigenvalue weighted by Crippen LogP contribution is -2.44. The third-order valence-electron chi connectivity index (χ3n) is 3.14. The second-order valence-corrected chi connectivity index (χ2v) is 4.06. The van der Waals surface area contributed by atoms with Crippen LogP contribution >= 0.6 is 0 Å². The summed E-state index contributed by atoms with van der Waals surface area (Å²) in [6.07, 6.45) is 1.77. The molecule has 16 heavy (non-hydrogen) atoms. The Kier molecular flexibility index (Phi) is 3.74. The van der Waals surface area contributed by atoms with Crippen molar-refractivity contribution in [3.63, 3.8) is 0 Å². The average molecular weight is 221 g/mol. The minimum Gasteiger partial charge on any atom is -0.481 e. The number of aromatic nitrogens is 1. The Balaban J connectivity index is 2.15. The molecule has 1 atom stereocenters. The maximum Gasteiger partial charge on any atom is 0.217 e. The summed E-state index contributed by atoms with van der Waals surface area (Å²) in [6.45, 7) is 6.50. The Labute approximate surface area is 96.6 Å². The first-order valence-electron chi connectivity index (χ1n) is 5.76. The number of hydrogen-bond donors (Lipinski definition) is 1. The third kappa shape index (κ3) is 2.33. The lowest BCUT2D eigenvalue weighted by molar-refractivity contribution is 0.182. The highest BCUT2D eigenvalue weighted by atomic mass is 16.5. The molecule has 1 aromatic heterocycles. The van der Waals surface area contributed by atoms with E-state index in [1.807, 2.05) is 6.07 Å². The molecule has 1 fully saturated rings. The van der Waals surface area contributed by atoms with Crippen LogP contribution in [0.4, 0.5) is 0 Å². The highest BCUT2D eigenvalue weighted by Crippen LogP contribution is 2.26. The third-order valence-corrected chi connectivity index (χ3v) is 3.14. The van der Waals surface area contributed by atoms with Gasteiger partial charge in [0.25, 0.3) is 0 Å². The van der Waals surface area contributed by atoms with Gasteiger partial charge in [-0.3, -0.25) is 4.90 Å². The predicted molar refractivity (Wildman–Crippen MR) is 63.6 cm³/mol. The Morgan fingerprint density at radius 1 is 1.44 bits per heavy atom. The van der Waals surface area contributed by atoms with Crippen LogP contribution in [0, 0.1) is 0 Å². The van der Waals surface area contributed by atoms with Gasteiger partial charge in [0.2, 0.25) is 5.88 Å². The van der Waals surface area contributed by atoms with E-state index in [2.05, 4.69) is 28.2 Å². The van der Waals surface area contributed by atoms with E-state index in [1.54, 1.807) is 13.3 Å². The molecule has 1 N–H and O–H groups in total. The van der Waals surface area contributed by atoms with E-state index in [1.165, 1.54) is 5.56 Å². The number of hydrogen-bond acceptors (Lipinski definition) is 4. The lowest BCUT2D eigenvalue weighted by atomic mass is 10.1. The minimum atomic E-state index is 0.366. The first kappa shape index (κ1) is 11.4. The molecule has 1 aliphatic rings. The minimum absolute atomic E-state index is 0.366. The van der Waals surface area contributed by atoms with Crippen LogP contribution in [0.15, 0.2) is 18.3 Å². The van der Waals surface area contributed by atoms with Gasteiger partial charge >= 0.3 is 0 Å². The van der Waals surface area contributed by atoms with Crippen LogP contribution in [0.25, 0.3) is 0 Å². The summed E-state index contributed by atoms with van der Waals surface area (Å²) in [4.78, 5) is 6.70. The van der Waals surface area contributed by atoms with Crippen LogP contribution in [0.1, 0.15) is 18.5 Å². The Hall–Kier alpha value is -1.13. The molecule has 0 radical (unpaired) electrons. The number of pyridine rings is 1. The largest absolute Gasteiger partial charge is 0.481 e. The molecule has 0 amide bonds. The maximum atomic E-state index is 5.30. The van der Waals surface area contributed by atoms with E-state index in [0.29, 0.717) is 6.04 Å². The summed E-state index contributed by atoms with van der Waals surface area (Å²) in [6, 6.07) is 4.43. The number of ether oxygens (including phenoxy) is 1. The van der Waals surface area contributed by atoms with Crippen molar-refractivity contribution in [1.82, 2.24) is 15.2 Å². The SMILES string of the molecule is COc1ncccc1C(C)N1CCNCC1. The number of nitrogens with zero attached hydrogens (tertiary/aromatic N) is 2. The van der Waals surface area contributed by atoms with Gasteiger partial charge in [0.05, 0.1) is 7.11 Å². The molecule has 4 nitrogen and oxygen atoms in total. The van der Waals surface area contributed by atoms with Crippen LogP contribution in [-0.2, 0) is 0 Å². The van der Waals surface area contributed by atoms with Crippen molar-refractivity contribution in [3.05, 3.63) is 23.9 Å². The maximum absolute atomic E-state index is 5.30. The predicted octanol–water partition coefficient (Wildman–Crippen LogP) is 1.06. The molecule has 2 rings (SSSR count). The quantitative estimate of drug-likeness (QED) is 0.828. The summed E-state index contributed by atoms with van der Waals surface area (Å²) in [5.41, 5.74) is 1.17. The molecule has 1 aromatic rings. The van der Waals surface area contributed by atoms with Crippen molar-refractivity contribution in [1.29, 1.82) is 0 Å². The van der Waals surface area contributed by atoms with Crippen molar-refractivity contribution in [3.8, 4) is 5.88 Å². The van der Waals surface area contributed by atoms with Gasteiger partial charge in [-0.2, -0.15) is 0 Å². The van der Waals surface area contributed by atoms with Crippen LogP contribution in [0.2, 0.25) is 0 Å². The van der Waals surface area contributed by atoms with Crippen LogP contribution in [-0.4, -0.2) is 43.2 Å². The van der Waals surface area contributed by atoms with E-state index in [-0.39, 0.29) is 0 Å². The molecule has 0 bridgehead atoms. The number of methoxy groups -OCH3 is 1. The van der Waals surface area contributed by atoms with Crippen molar-refractivity contribution < 1.29 is 4.74 Å². The first-order chi connectivity index (χ1) is 7.83. The second-order valence-electron chi connectivity index (χ2n) is 4.06. The molecule has 0 spiro atoms. The number of nitrogens with one attached hydrogen (secondary N) is 1. The highest BCUT2D eigenvalue weighted by molar-refractivity contribution is 5.28. The lowest BCUT2D eigenvalue weighted by Gasteiger charge is -2.33. The highest BCUT2D eigenvalue weighted by Gasteiger charge is 2.20. The van der Waals surface area contributed by atoms with Gasteiger partial charge in [0.1, 0.15) is 0 Å². The zero-order valence-electron chi connectivity index (χ0n) is 9.94. The Morgan fingerprint density at radius 2 is 2.19 bits per heavy atom. The van der Waals surface area contributed by atoms with Crippen molar-refractivity contribution >= 4 is 0 Å². The van der Waals surface area contributed by atoms with Crippen molar-refractivity contribution in [2.75, 3.05) is 33.3 Å².